The summed E-state index contributed by atoms with van der Waals surface area (Å²) in [6, 6.07) is 4.22. The van der Waals surface area contributed by atoms with Gasteiger partial charge in [0.1, 0.15) is 0 Å². The number of aromatic carboxylic acids is 1. The van der Waals surface area contributed by atoms with Gasteiger partial charge in [0.25, 0.3) is 5.91 Å². The van der Waals surface area contributed by atoms with Crippen molar-refractivity contribution < 1.29 is 23.5 Å². The Morgan fingerprint density at radius 1 is 1.38 bits per heavy atom. The number of nitrogens with one attached hydrogen (secondary N) is 1. The molecule has 0 aliphatic rings. The third-order valence-electron chi connectivity index (χ3n) is 1.95. The molecule has 1 amide bonds. The Kier molecular flexibility index (Phi) is 3.55. The van der Waals surface area contributed by atoms with Crippen LogP contribution in [-0.2, 0) is 4.79 Å². The topological polar surface area (TPSA) is 66.4 Å². The molecule has 1 aromatic carbocycles. The summed E-state index contributed by atoms with van der Waals surface area (Å²) in [6.07, 6.45) is -3.18. The summed E-state index contributed by atoms with van der Waals surface area (Å²) >= 11 is 0. The van der Waals surface area contributed by atoms with Gasteiger partial charge in [-0.3, -0.25) is 4.79 Å². The molecule has 16 heavy (non-hydrogen) atoms. The minimum absolute atomic E-state index is 0.0969. The van der Waals surface area contributed by atoms with E-state index in [-0.39, 0.29) is 11.3 Å². The van der Waals surface area contributed by atoms with E-state index in [1.54, 1.807) is 0 Å². The number of benzene rings is 1. The molecule has 0 saturated heterocycles. The Labute approximate surface area is 89.9 Å². The van der Waals surface area contributed by atoms with Crippen LogP contribution in [0.4, 0.5) is 14.5 Å². The van der Waals surface area contributed by atoms with E-state index in [2.05, 4.69) is 0 Å². The van der Waals surface area contributed by atoms with Crippen LogP contribution in [0.2, 0.25) is 0 Å². The molecule has 6 heteroatoms. The molecule has 0 bridgehead atoms. The fourth-order valence-corrected chi connectivity index (χ4v) is 1.19. The van der Waals surface area contributed by atoms with Crippen LogP contribution in [0.5, 0.6) is 0 Å². The van der Waals surface area contributed by atoms with Crippen molar-refractivity contribution in [3.63, 3.8) is 0 Å². The fraction of sp³-hybridized carbons (Fsp3) is 0.200. The summed E-state index contributed by atoms with van der Waals surface area (Å²) in [5.41, 5.74) is 0.100. The van der Waals surface area contributed by atoms with Gasteiger partial charge in [0.2, 0.25) is 0 Å². The molecule has 0 unspecified atom stereocenters. The molecule has 0 aliphatic heterocycles. The number of para-hydroxylation sites is 1. The number of amides is 1. The number of alkyl halides is 2. The van der Waals surface area contributed by atoms with Crippen molar-refractivity contribution in [1.82, 2.24) is 0 Å². The van der Waals surface area contributed by atoms with Crippen molar-refractivity contribution >= 4 is 17.6 Å². The normalized spacial score (nSPS) is 10.2. The van der Waals surface area contributed by atoms with Crippen molar-refractivity contribution in [3.8, 4) is 0 Å². The fourth-order valence-electron chi connectivity index (χ4n) is 1.19. The number of carboxylic acids is 1. The van der Waals surface area contributed by atoms with Gasteiger partial charge in [-0.1, -0.05) is 12.1 Å². The molecule has 0 atom stereocenters. The lowest BCUT2D eigenvalue weighted by atomic mass is 10.1. The van der Waals surface area contributed by atoms with E-state index in [9.17, 15) is 18.4 Å². The highest BCUT2D eigenvalue weighted by molar-refractivity contribution is 6.02. The molecule has 0 aromatic heterocycles. The van der Waals surface area contributed by atoms with E-state index >= 15 is 0 Å². The number of anilines is 1. The Hall–Kier alpha value is -1.98. The lowest BCUT2D eigenvalue weighted by Gasteiger charge is -2.10. The lowest BCUT2D eigenvalue weighted by Crippen LogP contribution is -2.22. The quantitative estimate of drug-likeness (QED) is 0.831. The minimum atomic E-state index is -3.18. The Morgan fingerprint density at radius 2 is 2.00 bits per heavy atom. The maximum Gasteiger partial charge on any atom is 0.337 e. The van der Waals surface area contributed by atoms with Gasteiger partial charge >= 0.3 is 12.4 Å². The van der Waals surface area contributed by atoms with Gasteiger partial charge in [-0.05, 0) is 18.6 Å². The molecule has 1 aromatic rings. The third kappa shape index (κ3) is 2.53. The van der Waals surface area contributed by atoms with Crippen LogP contribution in [0.15, 0.2) is 18.2 Å². The molecular weight excluding hydrogens is 220 g/mol. The van der Waals surface area contributed by atoms with Crippen molar-refractivity contribution in [3.05, 3.63) is 29.3 Å². The maximum absolute atomic E-state index is 12.0. The molecule has 0 saturated carbocycles. The summed E-state index contributed by atoms with van der Waals surface area (Å²) in [4.78, 5) is 21.6. The molecule has 0 heterocycles. The van der Waals surface area contributed by atoms with Crippen LogP contribution in [0.1, 0.15) is 15.9 Å². The first-order valence-corrected chi connectivity index (χ1v) is 4.35. The Morgan fingerprint density at radius 3 is 2.50 bits per heavy atom. The molecule has 2 N–H and O–H groups in total. The second-order valence-corrected chi connectivity index (χ2v) is 3.09. The van der Waals surface area contributed by atoms with Gasteiger partial charge in [-0.2, -0.15) is 8.78 Å². The predicted octanol–water partition coefficient (Wildman–Crippen LogP) is 1.90. The number of halogens is 2. The molecule has 0 spiro atoms. The summed E-state index contributed by atoms with van der Waals surface area (Å²) in [6.45, 7) is 1.52. The molecule has 0 fully saturated rings. The molecule has 0 radical (unpaired) electrons. The van der Waals surface area contributed by atoms with E-state index in [4.69, 9.17) is 5.11 Å². The summed E-state index contributed by atoms with van der Waals surface area (Å²) in [5.74, 6) is -2.80. The molecule has 86 valence electrons. The summed E-state index contributed by atoms with van der Waals surface area (Å²) < 4.78 is 24.0. The highest BCUT2D eigenvalue weighted by atomic mass is 19.3. The van der Waals surface area contributed by atoms with Crippen LogP contribution in [0, 0.1) is 6.92 Å². The highest BCUT2D eigenvalue weighted by Gasteiger charge is 2.19. The van der Waals surface area contributed by atoms with Gasteiger partial charge in [0.15, 0.2) is 0 Å². The maximum atomic E-state index is 12.0. The van der Waals surface area contributed by atoms with Crippen molar-refractivity contribution in [2.45, 2.75) is 13.3 Å². The number of carboxylic acid groups (broad SMARTS) is 1. The van der Waals surface area contributed by atoms with Gasteiger partial charge < -0.3 is 10.4 Å². The van der Waals surface area contributed by atoms with E-state index in [0.29, 0.717) is 5.56 Å². The number of carbonyl (C=O) groups is 2. The first-order chi connectivity index (χ1) is 7.43. The zero-order valence-corrected chi connectivity index (χ0v) is 8.33. The molecule has 4 nitrogen and oxygen atoms in total. The lowest BCUT2D eigenvalue weighted by molar-refractivity contribution is -0.126. The van der Waals surface area contributed by atoms with Crippen LogP contribution in [-0.4, -0.2) is 23.4 Å². The van der Waals surface area contributed by atoms with E-state index in [0.717, 1.165) is 0 Å². The van der Waals surface area contributed by atoms with Gasteiger partial charge in [0.05, 0.1) is 11.3 Å². The van der Waals surface area contributed by atoms with E-state index < -0.39 is 18.3 Å². The van der Waals surface area contributed by atoms with E-state index in [1.807, 2.05) is 5.32 Å². The van der Waals surface area contributed by atoms with Crippen molar-refractivity contribution in [2.75, 3.05) is 5.32 Å². The summed E-state index contributed by atoms with van der Waals surface area (Å²) in [5, 5.41) is 10.7. The van der Waals surface area contributed by atoms with Crippen LogP contribution < -0.4 is 5.32 Å². The van der Waals surface area contributed by atoms with Crippen LogP contribution in [0.25, 0.3) is 0 Å². The van der Waals surface area contributed by atoms with Crippen molar-refractivity contribution in [2.24, 2.45) is 0 Å². The van der Waals surface area contributed by atoms with Gasteiger partial charge in [-0.15, -0.1) is 0 Å². The number of hydrogen-bond donors (Lipinski definition) is 2. The zero-order chi connectivity index (χ0) is 12.3. The smallest absolute Gasteiger partial charge is 0.337 e. The summed E-state index contributed by atoms with van der Waals surface area (Å²) in [7, 11) is 0. The Bertz CT molecular complexity index is 432. The molecule has 0 aliphatic carbocycles. The van der Waals surface area contributed by atoms with Crippen molar-refractivity contribution in [1.29, 1.82) is 0 Å². The number of carbonyl (C=O) groups excluding carboxylic acids is 1. The Balaban J connectivity index is 3.11. The number of rotatable bonds is 3. The van der Waals surface area contributed by atoms with Crippen LogP contribution in [0.3, 0.4) is 0 Å². The SMILES string of the molecule is Cc1cccc(C(=O)O)c1NC(=O)C(F)F. The largest absolute Gasteiger partial charge is 0.478 e. The van der Waals surface area contributed by atoms with Crippen LogP contribution >= 0.6 is 0 Å². The first kappa shape index (κ1) is 12.1. The van der Waals surface area contributed by atoms with Gasteiger partial charge in [0, 0.05) is 0 Å². The molecular formula is C10H9F2NO3. The highest BCUT2D eigenvalue weighted by Crippen LogP contribution is 2.21. The number of aryl methyl sites for hydroxylation is 1. The second-order valence-electron chi connectivity index (χ2n) is 3.09. The standard InChI is InChI=1S/C10H9F2NO3/c1-5-3-2-4-6(10(15)16)7(5)13-9(14)8(11)12/h2-4,8H,1H3,(H,13,14)(H,15,16). The monoisotopic (exact) mass is 229 g/mol. The third-order valence-corrected chi connectivity index (χ3v) is 1.95. The average Bonchev–Trinajstić information content (AvgIpc) is 2.20. The zero-order valence-electron chi connectivity index (χ0n) is 8.33. The minimum Gasteiger partial charge on any atom is -0.478 e. The predicted molar refractivity (Wildman–Crippen MR) is 52.8 cm³/mol. The second kappa shape index (κ2) is 4.69. The average molecular weight is 229 g/mol. The van der Waals surface area contributed by atoms with E-state index in [1.165, 1.54) is 25.1 Å². The first-order valence-electron chi connectivity index (χ1n) is 4.35. The van der Waals surface area contributed by atoms with Gasteiger partial charge in [-0.25, -0.2) is 4.79 Å². The number of hydrogen-bond acceptors (Lipinski definition) is 2. The molecule has 1 rings (SSSR count).